The summed E-state index contributed by atoms with van der Waals surface area (Å²) >= 11 is 0. The number of carbonyl (C=O) groups excluding carboxylic acids is 6. The van der Waals surface area contributed by atoms with Gasteiger partial charge in [-0.1, -0.05) is 0 Å². The van der Waals surface area contributed by atoms with Gasteiger partial charge in [-0.3, -0.25) is 0 Å². The van der Waals surface area contributed by atoms with Gasteiger partial charge in [0.25, 0.3) is 0 Å². The van der Waals surface area contributed by atoms with E-state index in [1.54, 1.807) is 0 Å². The van der Waals surface area contributed by atoms with Gasteiger partial charge in [0.15, 0.2) is 0 Å². The second-order valence-electron chi connectivity index (χ2n) is 6.57. The molecule has 0 spiro atoms. The number of imidazole rings is 3. The topological polar surface area (TPSA) is 388 Å². The van der Waals surface area contributed by atoms with Gasteiger partial charge < -0.3 is 89.7 Å². The first-order valence-electron chi connectivity index (χ1n) is 11.2. The number of aromatic amines is 3. The van der Waals surface area contributed by atoms with Gasteiger partial charge in [-0.25, -0.2) is 15.0 Å². The van der Waals surface area contributed by atoms with E-state index in [2.05, 4.69) is 29.9 Å². The molecular weight excluding hydrogens is 708 g/mol. The first kappa shape index (κ1) is 47.2. The summed E-state index contributed by atoms with van der Waals surface area (Å²) in [5.74, 6) is -7.96. The molecule has 46 heavy (non-hydrogen) atoms. The molecule has 0 saturated heterocycles. The van der Waals surface area contributed by atoms with Crippen molar-refractivity contribution >= 4 is 54.0 Å². The predicted molar refractivity (Wildman–Crippen MR) is 134 cm³/mol. The fraction of sp³-hybridized carbons (Fsp3) is 0.125. The molecule has 3 aromatic heterocycles. The van der Waals surface area contributed by atoms with Crippen LogP contribution in [-0.2, 0) is 49.8 Å². The van der Waals surface area contributed by atoms with Crippen molar-refractivity contribution in [1.29, 1.82) is 0 Å². The first-order chi connectivity index (χ1) is 21.2. The molecule has 22 heteroatoms. The number of aliphatic carboxylic acids is 6. The summed E-state index contributed by atoms with van der Waals surface area (Å²) in [6.45, 7) is -2.67. The van der Waals surface area contributed by atoms with Gasteiger partial charge in [0.1, 0.15) is 0 Å². The fourth-order valence-electron chi connectivity index (χ4n) is 1.55. The van der Waals surface area contributed by atoms with Crippen LogP contribution in [0.15, 0.2) is 55.8 Å². The number of nitrogens with zero attached hydrogens (tertiary/aromatic N) is 3. The summed E-state index contributed by atoms with van der Waals surface area (Å²) < 4.78 is 0. The van der Waals surface area contributed by atoms with Crippen LogP contribution in [-0.4, -0.2) is 101 Å². The van der Waals surface area contributed by atoms with E-state index < -0.39 is 55.6 Å². The quantitative estimate of drug-likeness (QED) is 0.0878. The summed E-state index contributed by atoms with van der Waals surface area (Å²) in [7, 11) is 0. The number of carboxylic acids is 6. The molecule has 0 fully saturated rings. The molecule has 0 unspecified atom stereocenters. The molecule has 0 bridgehead atoms. The number of carboxylic acid groups (broad SMARTS) is 6. The summed E-state index contributed by atoms with van der Waals surface area (Å²) in [5.41, 5.74) is 1.93. The largest absolute Gasteiger partial charge is 0.548 e. The van der Waals surface area contributed by atoms with E-state index in [4.69, 9.17) is 45.0 Å². The van der Waals surface area contributed by atoms with Crippen molar-refractivity contribution in [1.82, 2.24) is 29.9 Å². The minimum absolute atomic E-state index is 0. The summed E-state index contributed by atoms with van der Waals surface area (Å²) in [6, 6.07) is 0. The summed E-state index contributed by atoms with van der Waals surface area (Å²) in [5, 5.41) is 79.1. The average Bonchev–Trinajstić information content (AvgIpc) is 3.80. The third-order valence-corrected chi connectivity index (χ3v) is 3.14. The smallest absolute Gasteiger partial charge is 0.0924 e. The molecule has 252 valence electrons. The average molecular weight is 732 g/mol. The Morgan fingerprint density at radius 2 is 0.717 bits per heavy atom. The van der Waals surface area contributed by atoms with Crippen LogP contribution in [0.5, 0.6) is 0 Å². The number of aliphatic hydroxyl groups excluding tert-OH is 3. The predicted octanol–water partition coefficient (Wildman–Crippen LogP) is -9.30. The SMILES string of the molecule is O=C([O-])C=Cc1cnc[nH]1.O=C([O-])C=Cc1cnc[nH]1.O=C([O-])C=Cc1cnc[nH]1.O=C([O-])CO.O=C([O-])CO.O=C([O-])CO.[Mo]. The number of carbonyl (C=O) groups is 6. The maximum Gasteiger partial charge on any atom is 0.0924 e. The zero-order valence-corrected chi connectivity index (χ0v) is 25.0. The zero-order chi connectivity index (χ0) is 35.0. The van der Waals surface area contributed by atoms with Crippen LogP contribution in [0.2, 0.25) is 0 Å². The van der Waals surface area contributed by atoms with Crippen LogP contribution in [0, 0.1) is 0 Å². The van der Waals surface area contributed by atoms with Crippen molar-refractivity contribution in [3.05, 3.63) is 72.9 Å². The second kappa shape index (κ2) is 32.2. The number of aliphatic hydroxyl groups is 3. The molecule has 0 aliphatic carbocycles. The Morgan fingerprint density at radius 3 is 0.826 bits per heavy atom. The molecule has 3 aromatic rings. The Hall–Kier alpha value is -5.76. The van der Waals surface area contributed by atoms with E-state index in [0.717, 1.165) is 18.2 Å². The van der Waals surface area contributed by atoms with Crippen molar-refractivity contribution < 1.29 is 95.8 Å². The zero-order valence-electron chi connectivity index (χ0n) is 23.0. The Morgan fingerprint density at radius 1 is 0.522 bits per heavy atom. The number of rotatable bonds is 9. The third kappa shape index (κ3) is 40.4. The molecule has 21 nitrogen and oxygen atoms in total. The van der Waals surface area contributed by atoms with Crippen molar-refractivity contribution in [3.8, 4) is 0 Å². The van der Waals surface area contributed by atoms with Gasteiger partial charge in [0.2, 0.25) is 0 Å². The normalized spacial score (nSPS) is 9.20. The molecule has 0 radical (unpaired) electrons. The minimum Gasteiger partial charge on any atom is -0.548 e. The van der Waals surface area contributed by atoms with Gasteiger partial charge in [-0.15, -0.1) is 0 Å². The van der Waals surface area contributed by atoms with Gasteiger partial charge in [0, 0.05) is 21.1 Å². The number of hydrogen-bond donors (Lipinski definition) is 6. The molecule has 0 atom stereocenters. The van der Waals surface area contributed by atoms with E-state index in [1.165, 1.54) is 55.8 Å². The van der Waals surface area contributed by atoms with Gasteiger partial charge in [0.05, 0.1) is 110 Å². The number of nitrogens with one attached hydrogen (secondary N) is 3. The molecular formula is C24H24MoN6O15-6. The molecule has 0 aromatic carbocycles. The van der Waals surface area contributed by atoms with Gasteiger partial charge >= 0.3 is 0 Å². The van der Waals surface area contributed by atoms with Crippen molar-refractivity contribution in [2.75, 3.05) is 19.8 Å². The van der Waals surface area contributed by atoms with E-state index in [0.29, 0.717) is 17.1 Å². The molecule has 3 heterocycles. The Kier molecular flexibility index (Phi) is 33.0. The van der Waals surface area contributed by atoms with E-state index in [-0.39, 0.29) is 21.1 Å². The van der Waals surface area contributed by atoms with Crippen LogP contribution in [0.25, 0.3) is 18.2 Å². The van der Waals surface area contributed by atoms with E-state index >= 15 is 0 Å². The van der Waals surface area contributed by atoms with Crippen molar-refractivity contribution in [3.63, 3.8) is 0 Å². The maximum atomic E-state index is 9.86. The molecule has 0 saturated carbocycles. The Labute approximate surface area is 272 Å². The second-order valence-corrected chi connectivity index (χ2v) is 6.57. The summed E-state index contributed by atoms with van der Waals surface area (Å²) in [6.07, 6.45) is 15.9. The Bertz CT molecular complexity index is 1160. The monoisotopic (exact) mass is 734 g/mol. The third-order valence-electron chi connectivity index (χ3n) is 3.14. The molecule has 0 amide bonds. The van der Waals surface area contributed by atoms with Crippen molar-refractivity contribution in [2.45, 2.75) is 0 Å². The molecule has 3 rings (SSSR count). The maximum absolute atomic E-state index is 9.86. The minimum atomic E-state index is -1.44. The molecule has 6 N–H and O–H groups in total. The number of H-pyrrole nitrogens is 3. The molecule has 0 aliphatic rings. The standard InChI is InChI=1S/3C6H6N2O2.3C2H4O3.Mo/c3*9-6(10)2-1-5-3-7-4-8-5;3*3-1-2(4)5;/h3*1-4H,(H,7,8)(H,9,10);3*3H,1H2,(H,4,5);/p-6. The number of hydrogen-bond acceptors (Lipinski definition) is 18. The van der Waals surface area contributed by atoms with Crippen molar-refractivity contribution in [2.24, 2.45) is 0 Å². The van der Waals surface area contributed by atoms with Crippen LogP contribution in [0.1, 0.15) is 17.1 Å². The van der Waals surface area contributed by atoms with Crippen LogP contribution >= 0.6 is 0 Å². The van der Waals surface area contributed by atoms with Crippen LogP contribution < -0.4 is 30.6 Å². The molecule has 0 aliphatic heterocycles. The first-order valence-corrected chi connectivity index (χ1v) is 11.2. The summed E-state index contributed by atoms with van der Waals surface area (Å²) in [4.78, 5) is 75.8. The number of aromatic nitrogens is 6. The van der Waals surface area contributed by atoms with Crippen LogP contribution in [0.4, 0.5) is 0 Å². The Balaban J connectivity index is -0.000000236. The fourth-order valence-corrected chi connectivity index (χ4v) is 1.55. The van der Waals surface area contributed by atoms with E-state index in [9.17, 15) is 29.7 Å². The van der Waals surface area contributed by atoms with Gasteiger partial charge in [-0.05, 0) is 36.5 Å². The van der Waals surface area contributed by atoms with Gasteiger partial charge in [-0.2, -0.15) is 0 Å². The van der Waals surface area contributed by atoms with Crippen LogP contribution in [0.3, 0.4) is 0 Å². The van der Waals surface area contributed by atoms with E-state index in [1.807, 2.05) is 0 Å².